The van der Waals surface area contributed by atoms with Crippen LogP contribution in [0.3, 0.4) is 0 Å². The monoisotopic (exact) mass is 1630 g/mol. The Morgan fingerprint density at radius 3 is 2.11 bits per heavy atom. The predicted octanol–water partition coefficient (Wildman–Crippen LogP) is 9.62. The molecule has 3 aromatic carbocycles. The van der Waals surface area contributed by atoms with Gasteiger partial charge in [-0.25, -0.2) is 32.0 Å². The molecule has 8 N–H and O–H groups in total. The van der Waals surface area contributed by atoms with Crippen molar-refractivity contribution in [2.24, 2.45) is 17.9 Å². The number of nitrogens with zero attached hydrogens (tertiary/aromatic N) is 6. The minimum atomic E-state index is -3.71. The average molecular weight is 1640 g/mol. The van der Waals surface area contributed by atoms with E-state index in [0.29, 0.717) is 103 Å². The number of ether oxygens (including phenoxy) is 2. The van der Waals surface area contributed by atoms with E-state index in [2.05, 4.69) is 52.2 Å². The number of nitrogens with one attached hydrogen (secondary N) is 8. The van der Waals surface area contributed by atoms with Gasteiger partial charge >= 0.3 is 6.09 Å². The van der Waals surface area contributed by atoms with Crippen molar-refractivity contribution in [3.05, 3.63) is 158 Å². The summed E-state index contributed by atoms with van der Waals surface area (Å²) >= 11 is 1.53. The molecule has 4 atom stereocenters. The highest BCUT2D eigenvalue weighted by atomic mass is 32.2. The number of aromatic nitrogens is 4. The van der Waals surface area contributed by atoms with Crippen LogP contribution in [0.15, 0.2) is 108 Å². The molecular formula is C83H100F2N14O15S2. The number of fused-ring (bicyclic) bond motifs is 2. The molecule has 0 radical (unpaired) electrons. The minimum Gasteiger partial charge on any atom is -0.445 e. The van der Waals surface area contributed by atoms with Crippen molar-refractivity contribution in [2.45, 2.75) is 187 Å². The number of likely N-dealkylation sites (tertiary alicyclic amines) is 1. The molecule has 10 amide bonds. The van der Waals surface area contributed by atoms with E-state index in [1.165, 1.54) is 50.8 Å². The molecule has 1 aliphatic carbocycles. The Kier molecular flexibility index (Phi) is 28.2. The molecule has 4 aliphatic rings. The van der Waals surface area contributed by atoms with Crippen LogP contribution in [0.1, 0.15) is 169 Å². The number of rotatable bonds is 37. The first-order chi connectivity index (χ1) is 55.4. The Morgan fingerprint density at radius 2 is 1.46 bits per heavy atom. The molecule has 7 heterocycles. The maximum Gasteiger partial charge on any atom is 0.409 e. The van der Waals surface area contributed by atoms with Gasteiger partial charge in [0.25, 0.3) is 23.3 Å². The van der Waals surface area contributed by atoms with Crippen molar-refractivity contribution in [3.63, 3.8) is 0 Å². The first kappa shape index (κ1) is 85.8. The maximum atomic E-state index is 15.7. The zero-order chi connectivity index (χ0) is 83.2. The number of aromatic amines is 1. The minimum absolute atomic E-state index is 0.0327. The summed E-state index contributed by atoms with van der Waals surface area (Å²) < 4.78 is 68.7. The third-order valence-corrected chi connectivity index (χ3v) is 23.2. The van der Waals surface area contributed by atoms with E-state index in [-0.39, 0.29) is 105 Å². The van der Waals surface area contributed by atoms with Crippen LogP contribution in [0.2, 0.25) is 0 Å². The van der Waals surface area contributed by atoms with E-state index in [9.17, 15) is 65.5 Å². The number of halogens is 2. The van der Waals surface area contributed by atoms with Gasteiger partial charge < -0.3 is 60.7 Å². The quantitative estimate of drug-likeness (QED) is 0.00777. The SMILES string of the molecule is Cc1ncsc1-c1ccc(CNC(=O)[C@@H]2C[C@@H](OCNC(=O)OCc3ccc(NC(=O)[C@H](C)NC(=O)C4(C(=O)NCCCCCN5C(=O)C=CC5=O)CCC4)cc3)CN2C(=O)[C@@H](NC(=O)CCCCCCCCCCNC(=O)c2cc3c(cc2CS(C)(=O)=O)-c2cn(C)c(=O)c4[nH]cc(c24)CN3c2ncc(F)cc2F)C(C)(C)C)cc1. The molecule has 0 unspecified atom stereocenters. The van der Waals surface area contributed by atoms with Crippen LogP contribution in [0.4, 0.5) is 30.8 Å². The highest BCUT2D eigenvalue weighted by Gasteiger charge is 2.51. The zero-order valence-electron chi connectivity index (χ0n) is 66.2. The summed E-state index contributed by atoms with van der Waals surface area (Å²) in [5.41, 5.74) is 5.37. The van der Waals surface area contributed by atoms with Crippen LogP contribution in [0.5, 0.6) is 0 Å². The standard InChI is InChI=1S/C83H100F2N14O15S2/c1-50-71(115-49-92-50)54-25-21-52(22-26-54)40-90-76(105)65-38-59(114-48-91-81(110)113-46-53-23-27-58(28-24-53)94-74(103)51(2)93-80(109)83(31-19-32-83)79(108)87-34-17-14-18-35-97-67(101)29-30-68(97)102)44-99(65)78(107)72(82(3,4)5)95-66(100)20-15-12-10-8-9-11-13-16-33-86-75(104)60-39-64-61(36-55(60)47-116(7,111)112)62-45-96(6)77(106)70-69(62)56(41-88-70)43-98(64)73-63(85)37-57(84)42-89-73/h21-30,36-37,39,41-42,45,49,51,59,65,72,88H,8-20,31-35,38,40,43-44,46-48H2,1-7H3,(H,86,104)(H,87,108)(H,90,105)(H,91,110)(H,93,109)(H,94,103)(H,95,100)/t51-,59+,65-,72+/m0/s1. The highest BCUT2D eigenvalue weighted by Crippen LogP contribution is 2.46. The number of hydrogen-bond donors (Lipinski definition) is 8. The maximum absolute atomic E-state index is 15.7. The summed E-state index contributed by atoms with van der Waals surface area (Å²) in [5.74, 6) is -6.58. The number of imide groups is 1. The molecule has 11 rings (SSSR count). The van der Waals surface area contributed by atoms with Crippen molar-refractivity contribution in [1.82, 2.24) is 61.2 Å². The molecule has 0 spiro atoms. The van der Waals surface area contributed by atoms with Gasteiger partial charge in [-0.1, -0.05) is 102 Å². The normalized spacial score (nSPS) is 16.1. The molecule has 33 heteroatoms. The summed E-state index contributed by atoms with van der Waals surface area (Å²) in [7, 11) is -2.14. The van der Waals surface area contributed by atoms with Crippen LogP contribution in [0.25, 0.3) is 32.5 Å². The van der Waals surface area contributed by atoms with Gasteiger partial charge in [0.2, 0.25) is 35.4 Å². The van der Waals surface area contributed by atoms with Crippen molar-refractivity contribution < 1.29 is 74.6 Å². The summed E-state index contributed by atoms with van der Waals surface area (Å²) in [5, 5.41) is 20.3. The first-order valence-corrected chi connectivity index (χ1v) is 42.1. The van der Waals surface area contributed by atoms with Crippen LogP contribution in [0, 0.1) is 29.4 Å². The van der Waals surface area contributed by atoms with Gasteiger partial charge in [-0.3, -0.25) is 58.2 Å². The molecule has 116 heavy (non-hydrogen) atoms. The van der Waals surface area contributed by atoms with E-state index < -0.39 is 104 Å². The Bertz CT molecular complexity index is 5040. The molecule has 29 nitrogen and oxygen atoms in total. The number of thiazole rings is 1. The first-order valence-electron chi connectivity index (χ1n) is 39.2. The van der Waals surface area contributed by atoms with Crippen molar-refractivity contribution in [3.8, 4) is 21.6 Å². The van der Waals surface area contributed by atoms with E-state index in [0.717, 1.165) is 77.6 Å². The van der Waals surface area contributed by atoms with Gasteiger partial charge in [-0.05, 0) is 116 Å². The second-order valence-electron chi connectivity index (χ2n) is 31.3. The number of unbranched alkanes of at least 4 members (excludes halogenated alkanes) is 9. The molecule has 618 valence electrons. The molecular weight excluding hydrogens is 1540 g/mol. The lowest BCUT2D eigenvalue weighted by molar-refractivity contribution is -0.150. The van der Waals surface area contributed by atoms with E-state index in [1.54, 1.807) is 55.3 Å². The van der Waals surface area contributed by atoms with E-state index in [4.69, 9.17) is 9.47 Å². The van der Waals surface area contributed by atoms with E-state index >= 15 is 4.39 Å². The van der Waals surface area contributed by atoms with Crippen molar-refractivity contribution in [1.29, 1.82) is 0 Å². The van der Waals surface area contributed by atoms with Crippen LogP contribution in [-0.2, 0) is 90.2 Å². The number of carbonyl (C=O) groups is 10. The number of pyridine rings is 2. The van der Waals surface area contributed by atoms with Crippen LogP contribution < -0.4 is 47.7 Å². The largest absolute Gasteiger partial charge is 0.445 e. The fourth-order valence-electron chi connectivity index (χ4n) is 14.8. The number of hydrogen-bond acceptors (Lipinski definition) is 19. The third-order valence-electron chi connectivity index (χ3n) is 21.4. The summed E-state index contributed by atoms with van der Waals surface area (Å²) in [6, 6.07) is 14.9. The van der Waals surface area contributed by atoms with Crippen molar-refractivity contribution >= 4 is 109 Å². The molecule has 3 aliphatic heterocycles. The molecule has 0 bridgehead atoms. The third kappa shape index (κ3) is 21.3. The Labute approximate surface area is 675 Å². The number of benzene rings is 3. The van der Waals surface area contributed by atoms with Crippen LogP contribution >= 0.6 is 11.3 Å². The fraction of sp³-hybridized carbons (Fsp3) is 0.458. The number of H-pyrrole nitrogens is 1. The number of amides is 10. The van der Waals surface area contributed by atoms with Gasteiger partial charge in [-0.2, -0.15) is 0 Å². The Morgan fingerprint density at radius 1 is 0.784 bits per heavy atom. The van der Waals surface area contributed by atoms with E-state index in [1.807, 2.05) is 52.0 Å². The number of alkyl carbamates (subject to hydrolysis) is 1. The van der Waals surface area contributed by atoms with Gasteiger partial charge in [0.15, 0.2) is 21.5 Å². The molecule has 4 aromatic heterocycles. The highest BCUT2D eigenvalue weighted by molar-refractivity contribution is 7.89. The molecule has 1 saturated carbocycles. The molecule has 1 saturated heterocycles. The molecule has 2 fully saturated rings. The lowest BCUT2D eigenvalue weighted by Crippen LogP contribution is -2.58. The summed E-state index contributed by atoms with van der Waals surface area (Å²) in [4.78, 5) is 164. The van der Waals surface area contributed by atoms with Gasteiger partial charge in [-0.15, -0.1) is 11.3 Å². The fourth-order valence-corrected chi connectivity index (χ4v) is 16.4. The predicted molar refractivity (Wildman–Crippen MR) is 432 cm³/mol. The van der Waals surface area contributed by atoms with Gasteiger partial charge in [0, 0.05) is 117 Å². The number of sulfone groups is 1. The smallest absolute Gasteiger partial charge is 0.409 e. The second kappa shape index (κ2) is 38.1. The Hall–Kier alpha value is -11.1. The number of anilines is 3. The number of carbonyl (C=O) groups excluding carboxylic acids is 10. The molecule has 7 aromatic rings. The second-order valence-corrected chi connectivity index (χ2v) is 34.3. The topological polar surface area (TPSA) is 381 Å². The number of aryl methyl sites for hydroxylation is 2. The van der Waals surface area contributed by atoms with Gasteiger partial charge in [0.05, 0.1) is 46.4 Å². The zero-order valence-corrected chi connectivity index (χ0v) is 67.8. The van der Waals surface area contributed by atoms with Crippen LogP contribution in [-0.4, -0.2) is 160 Å². The Balaban J connectivity index is 0.618. The summed E-state index contributed by atoms with van der Waals surface area (Å²) in [6.07, 6.45) is 15.5. The lowest BCUT2D eigenvalue weighted by Gasteiger charge is -2.39. The average Bonchev–Trinajstić information content (AvgIpc) is 1.56. The summed E-state index contributed by atoms with van der Waals surface area (Å²) in [6.45, 7) is 9.37. The van der Waals surface area contributed by atoms with Crippen molar-refractivity contribution in [2.75, 3.05) is 49.4 Å². The van der Waals surface area contributed by atoms with Gasteiger partial charge in [0.1, 0.15) is 48.2 Å². The lowest BCUT2D eigenvalue weighted by atomic mass is 9.67.